The Kier molecular flexibility index (Phi) is 8.55. The van der Waals surface area contributed by atoms with Crippen LogP contribution in [-0.4, -0.2) is 77.5 Å². The molecule has 1 saturated carbocycles. The fourth-order valence-electron chi connectivity index (χ4n) is 5.00. The predicted molar refractivity (Wildman–Crippen MR) is 124 cm³/mol. The minimum atomic E-state index is -5.04. The van der Waals surface area contributed by atoms with Gasteiger partial charge in [-0.05, 0) is 58.8 Å². The first-order valence-corrected chi connectivity index (χ1v) is 12.6. The molecule has 10 nitrogen and oxygen atoms in total. The van der Waals surface area contributed by atoms with E-state index < -0.39 is 59.5 Å². The van der Waals surface area contributed by atoms with Crippen molar-refractivity contribution in [3.8, 4) is 0 Å². The molecule has 208 valence electrons. The molecular weight excluding hydrogens is 497 g/mol. The topological polar surface area (TPSA) is 134 Å². The van der Waals surface area contributed by atoms with Crippen LogP contribution in [0.1, 0.15) is 65.7 Å². The van der Waals surface area contributed by atoms with Gasteiger partial charge in [0.25, 0.3) is 0 Å². The normalized spacial score (nSPS) is 25.0. The van der Waals surface area contributed by atoms with Crippen molar-refractivity contribution in [2.45, 2.75) is 89.2 Å². The summed E-state index contributed by atoms with van der Waals surface area (Å²) in [5.41, 5.74) is -2.11. The molecule has 0 radical (unpaired) electrons. The molecule has 13 heteroatoms. The number of hydrogen-bond acceptors (Lipinski definition) is 6. The highest BCUT2D eigenvalue weighted by Gasteiger charge is 2.54. The number of likely N-dealkylation sites (tertiary alicyclic amines) is 1. The van der Waals surface area contributed by atoms with E-state index in [0.29, 0.717) is 19.4 Å². The molecule has 37 heavy (non-hydrogen) atoms. The van der Waals surface area contributed by atoms with Crippen molar-refractivity contribution >= 4 is 29.4 Å². The van der Waals surface area contributed by atoms with E-state index in [9.17, 15) is 37.1 Å². The average molecular weight is 533 g/mol. The van der Waals surface area contributed by atoms with E-state index in [-0.39, 0.29) is 37.6 Å². The van der Waals surface area contributed by atoms with Crippen LogP contribution in [0, 0.1) is 11.8 Å². The van der Waals surface area contributed by atoms with E-state index >= 15 is 0 Å². The molecule has 0 spiro atoms. The lowest BCUT2D eigenvalue weighted by Crippen LogP contribution is -2.63. The molecule has 0 aromatic rings. The number of ketones is 1. The maximum atomic E-state index is 13.8. The van der Waals surface area contributed by atoms with Crippen molar-refractivity contribution in [1.29, 1.82) is 0 Å². The summed E-state index contributed by atoms with van der Waals surface area (Å²) < 4.78 is 41.5. The van der Waals surface area contributed by atoms with Crippen LogP contribution in [0.5, 0.6) is 0 Å². The summed E-state index contributed by atoms with van der Waals surface area (Å²) in [6, 6.07) is -1.43. The van der Waals surface area contributed by atoms with Gasteiger partial charge in [-0.15, -0.1) is 13.2 Å². The Bertz CT molecular complexity index is 930. The lowest BCUT2D eigenvalue weighted by molar-refractivity contribution is -0.321. The molecule has 2 aliphatic heterocycles. The van der Waals surface area contributed by atoms with E-state index in [4.69, 9.17) is 0 Å². The molecule has 3 aliphatic rings. The van der Waals surface area contributed by atoms with Gasteiger partial charge in [0, 0.05) is 24.5 Å². The van der Waals surface area contributed by atoms with Crippen molar-refractivity contribution in [1.82, 2.24) is 20.9 Å². The first-order valence-electron chi connectivity index (χ1n) is 12.6. The molecule has 0 aromatic heterocycles. The van der Waals surface area contributed by atoms with E-state index in [1.807, 2.05) is 0 Å². The third-order valence-corrected chi connectivity index (χ3v) is 6.92. The van der Waals surface area contributed by atoms with Gasteiger partial charge in [0.2, 0.25) is 11.8 Å². The van der Waals surface area contributed by atoms with Gasteiger partial charge in [0.15, 0.2) is 5.78 Å². The minimum Gasteiger partial charge on any atom is -0.356 e. The first kappa shape index (κ1) is 28.9. The Balaban J connectivity index is 1.84. The van der Waals surface area contributed by atoms with Gasteiger partial charge in [-0.1, -0.05) is 12.8 Å². The van der Waals surface area contributed by atoms with Gasteiger partial charge >= 0.3 is 18.2 Å². The van der Waals surface area contributed by atoms with Crippen molar-refractivity contribution in [2.24, 2.45) is 11.8 Å². The quantitative estimate of drug-likeness (QED) is 0.382. The summed E-state index contributed by atoms with van der Waals surface area (Å²) in [7, 11) is 0. The number of alkyl halides is 3. The van der Waals surface area contributed by atoms with Crippen molar-refractivity contribution in [3.05, 3.63) is 0 Å². The number of hydrogen-bond donors (Lipinski definition) is 3. The van der Waals surface area contributed by atoms with Gasteiger partial charge in [-0.2, -0.15) is 0 Å². The number of ether oxygens (including phenoxy) is 1. The van der Waals surface area contributed by atoms with Crippen LogP contribution in [0.3, 0.4) is 0 Å². The van der Waals surface area contributed by atoms with Gasteiger partial charge in [-0.25, -0.2) is 0 Å². The van der Waals surface area contributed by atoms with E-state index in [0.717, 1.165) is 12.8 Å². The summed E-state index contributed by atoms with van der Waals surface area (Å²) in [5.74, 6) is -4.36. The summed E-state index contributed by atoms with van der Waals surface area (Å²) in [4.78, 5) is 65.7. The predicted octanol–water partition coefficient (Wildman–Crippen LogP) is 1.18. The van der Waals surface area contributed by atoms with E-state index in [1.54, 1.807) is 20.8 Å². The standard InChI is InChI=1S/C24H35F3N4O6/c1-22(2,3)30-19(34)20(35)31-10-4-8-23(31,12-14-5-6-14)21(36)29-16(11-15-7-9-28-18(15)33)17(32)13-37-24(25,26)27/h14-16H,4-13H2,1-3H3,(H,28,33)(H,29,36)(H,30,34)/t15-,16-,23+/m0/s1. The summed E-state index contributed by atoms with van der Waals surface area (Å²) >= 11 is 0. The number of Topliss-reactive ketones (excluding diaryl/α,β-unsaturated/α-hetero) is 1. The molecule has 1 aliphatic carbocycles. The summed E-state index contributed by atoms with van der Waals surface area (Å²) in [6.45, 7) is 4.32. The lowest BCUT2D eigenvalue weighted by atomic mass is 9.86. The van der Waals surface area contributed by atoms with Crippen LogP contribution < -0.4 is 16.0 Å². The molecule has 0 bridgehead atoms. The molecule has 2 saturated heterocycles. The third-order valence-electron chi connectivity index (χ3n) is 6.92. The van der Waals surface area contributed by atoms with Gasteiger partial charge in [0.1, 0.15) is 12.1 Å². The van der Waals surface area contributed by atoms with Crippen LogP contribution in [0.25, 0.3) is 0 Å². The van der Waals surface area contributed by atoms with E-state index in [2.05, 4.69) is 20.7 Å². The van der Waals surface area contributed by atoms with Gasteiger partial charge in [-0.3, -0.25) is 28.7 Å². The Morgan fingerprint density at radius 1 is 1.16 bits per heavy atom. The van der Waals surface area contributed by atoms with Crippen LogP contribution in [0.15, 0.2) is 0 Å². The summed E-state index contributed by atoms with van der Waals surface area (Å²) in [6.07, 6.45) is -2.23. The minimum absolute atomic E-state index is 0.146. The molecule has 3 rings (SSSR count). The van der Waals surface area contributed by atoms with Gasteiger partial charge in [0.05, 0.1) is 6.04 Å². The number of nitrogens with zero attached hydrogens (tertiary/aromatic N) is 1. The van der Waals surface area contributed by atoms with Crippen LogP contribution in [-0.2, 0) is 28.7 Å². The van der Waals surface area contributed by atoms with E-state index in [1.165, 1.54) is 4.90 Å². The fourth-order valence-corrected chi connectivity index (χ4v) is 5.00. The molecule has 3 N–H and O–H groups in total. The number of halogens is 3. The van der Waals surface area contributed by atoms with Crippen LogP contribution in [0.2, 0.25) is 0 Å². The maximum Gasteiger partial charge on any atom is 0.522 e. The second-order valence-corrected chi connectivity index (χ2v) is 11.2. The molecule has 4 amide bonds. The largest absolute Gasteiger partial charge is 0.522 e. The number of carbonyl (C=O) groups is 5. The zero-order valence-electron chi connectivity index (χ0n) is 21.3. The maximum absolute atomic E-state index is 13.8. The van der Waals surface area contributed by atoms with Crippen molar-refractivity contribution in [3.63, 3.8) is 0 Å². The highest BCUT2D eigenvalue weighted by atomic mass is 19.4. The molecule has 3 fully saturated rings. The van der Waals surface area contributed by atoms with Crippen LogP contribution in [0.4, 0.5) is 13.2 Å². The van der Waals surface area contributed by atoms with Crippen molar-refractivity contribution in [2.75, 3.05) is 19.7 Å². The number of rotatable bonds is 9. The highest BCUT2D eigenvalue weighted by molar-refractivity contribution is 6.35. The monoisotopic (exact) mass is 532 g/mol. The molecular formula is C24H35F3N4O6. The average Bonchev–Trinajstić information content (AvgIpc) is 3.34. The van der Waals surface area contributed by atoms with Gasteiger partial charge < -0.3 is 20.9 Å². The Morgan fingerprint density at radius 2 is 1.84 bits per heavy atom. The lowest BCUT2D eigenvalue weighted by Gasteiger charge is -2.38. The molecule has 3 atom stereocenters. The Morgan fingerprint density at radius 3 is 2.38 bits per heavy atom. The molecule has 0 unspecified atom stereocenters. The number of nitrogens with one attached hydrogen (secondary N) is 3. The molecule has 0 aromatic carbocycles. The SMILES string of the molecule is CC(C)(C)NC(=O)C(=O)N1CCC[C@@]1(CC1CC1)C(=O)N[C@@H](C[C@@H]1CCNC1=O)C(=O)COC(F)(F)F. The second kappa shape index (κ2) is 11.0. The zero-order chi connectivity index (χ0) is 27.6. The molecule has 2 heterocycles. The highest BCUT2D eigenvalue weighted by Crippen LogP contribution is 2.44. The summed E-state index contributed by atoms with van der Waals surface area (Å²) in [5, 5.41) is 7.75. The fraction of sp³-hybridized carbons (Fsp3) is 0.792. The first-order chi connectivity index (χ1) is 17.1. The van der Waals surface area contributed by atoms with Crippen LogP contribution >= 0.6 is 0 Å². The van der Waals surface area contributed by atoms with Crippen molar-refractivity contribution < 1.29 is 41.9 Å². The smallest absolute Gasteiger partial charge is 0.356 e. The Labute approximate surface area is 213 Å². The number of carbonyl (C=O) groups excluding carboxylic acids is 5. The Hall–Kier alpha value is -2.70. The zero-order valence-corrected chi connectivity index (χ0v) is 21.3. The second-order valence-electron chi connectivity index (χ2n) is 11.2. The third kappa shape index (κ3) is 7.65. The number of amides is 4.